The molecule has 4 heteroatoms. The lowest BCUT2D eigenvalue weighted by Gasteiger charge is -2.13. The lowest BCUT2D eigenvalue weighted by atomic mass is 10.1. The maximum absolute atomic E-state index is 11.4. The third-order valence-electron chi connectivity index (χ3n) is 2.91. The zero-order valence-corrected chi connectivity index (χ0v) is 11.2. The van der Waals surface area contributed by atoms with E-state index in [4.69, 9.17) is 9.47 Å². The first kappa shape index (κ1) is 14.5. The molecule has 1 atom stereocenters. The van der Waals surface area contributed by atoms with Crippen LogP contribution >= 0.6 is 0 Å². The van der Waals surface area contributed by atoms with E-state index in [0.717, 1.165) is 24.3 Å². The fourth-order valence-corrected chi connectivity index (χ4v) is 1.70. The Morgan fingerprint density at radius 1 is 1.28 bits per heavy atom. The van der Waals surface area contributed by atoms with E-state index in [0.29, 0.717) is 6.54 Å². The van der Waals surface area contributed by atoms with Gasteiger partial charge in [-0.1, -0.05) is 19.1 Å². The molecule has 0 heterocycles. The van der Waals surface area contributed by atoms with Crippen LogP contribution in [-0.4, -0.2) is 26.7 Å². The largest absolute Gasteiger partial charge is 0.497 e. The van der Waals surface area contributed by atoms with Gasteiger partial charge in [-0.25, -0.2) is 0 Å². The van der Waals surface area contributed by atoms with Crippen LogP contribution in [0.1, 0.15) is 18.9 Å². The molecule has 1 aromatic rings. The maximum atomic E-state index is 11.4. The predicted octanol–water partition coefficient (Wildman–Crippen LogP) is 1.98. The second-order valence-corrected chi connectivity index (χ2v) is 4.11. The van der Waals surface area contributed by atoms with E-state index in [9.17, 15) is 4.79 Å². The third kappa shape index (κ3) is 4.37. The number of methoxy groups -OCH3 is 2. The Balaban J connectivity index is 2.37. The standard InChI is InChI=1S/C14H21NO3/c1-4-12(14(16)18-3)10-15-9-11-5-7-13(17-2)8-6-11/h5-8,12,15H,4,9-10H2,1-3H3. The zero-order valence-electron chi connectivity index (χ0n) is 11.2. The van der Waals surface area contributed by atoms with E-state index in [1.54, 1.807) is 7.11 Å². The molecular weight excluding hydrogens is 230 g/mol. The minimum Gasteiger partial charge on any atom is -0.497 e. The lowest BCUT2D eigenvalue weighted by Crippen LogP contribution is -2.28. The van der Waals surface area contributed by atoms with Gasteiger partial charge in [0, 0.05) is 13.1 Å². The number of esters is 1. The van der Waals surface area contributed by atoms with Crippen LogP contribution in [0.5, 0.6) is 5.75 Å². The van der Waals surface area contributed by atoms with Crippen LogP contribution in [0.4, 0.5) is 0 Å². The molecule has 0 aliphatic heterocycles. The molecule has 4 nitrogen and oxygen atoms in total. The summed E-state index contributed by atoms with van der Waals surface area (Å²) in [4.78, 5) is 11.4. The van der Waals surface area contributed by atoms with Crippen molar-refractivity contribution in [1.82, 2.24) is 5.32 Å². The highest BCUT2D eigenvalue weighted by molar-refractivity contribution is 5.72. The van der Waals surface area contributed by atoms with Gasteiger partial charge in [0.15, 0.2) is 0 Å². The van der Waals surface area contributed by atoms with Crippen LogP contribution in [0, 0.1) is 5.92 Å². The van der Waals surface area contributed by atoms with Gasteiger partial charge in [-0.05, 0) is 24.1 Å². The summed E-state index contributed by atoms with van der Waals surface area (Å²) < 4.78 is 9.83. The van der Waals surface area contributed by atoms with Crippen LogP contribution in [0.15, 0.2) is 24.3 Å². The SMILES string of the molecule is CCC(CNCc1ccc(OC)cc1)C(=O)OC. The average Bonchev–Trinajstić information content (AvgIpc) is 2.43. The molecule has 0 radical (unpaired) electrons. The molecule has 100 valence electrons. The van der Waals surface area contributed by atoms with Gasteiger partial charge in [-0.15, -0.1) is 0 Å². The summed E-state index contributed by atoms with van der Waals surface area (Å²) in [6, 6.07) is 7.86. The molecule has 1 aromatic carbocycles. The fourth-order valence-electron chi connectivity index (χ4n) is 1.70. The Hall–Kier alpha value is -1.55. The van der Waals surface area contributed by atoms with Crippen molar-refractivity contribution in [3.05, 3.63) is 29.8 Å². The van der Waals surface area contributed by atoms with Crippen molar-refractivity contribution in [1.29, 1.82) is 0 Å². The van der Waals surface area contributed by atoms with Crippen molar-refractivity contribution < 1.29 is 14.3 Å². The van der Waals surface area contributed by atoms with Gasteiger partial charge in [-0.2, -0.15) is 0 Å². The minimum absolute atomic E-state index is 0.0757. The van der Waals surface area contributed by atoms with Gasteiger partial charge < -0.3 is 14.8 Å². The van der Waals surface area contributed by atoms with E-state index >= 15 is 0 Å². The van der Waals surface area contributed by atoms with Crippen LogP contribution in [0.3, 0.4) is 0 Å². The molecule has 0 fully saturated rings. The molecule has 0 aromatic heterocycles. The quantitative estimate of drug-likeness (QED) is 0.753. The number of hydrogen-bond acceptors (Lipinski definition) is 4. The van der Waals surface area contributed by atoms with Gasteiger partial charge >= 0.3 is 5.97 Å². The van der Waals surface area contributed by atoms with E-state index in [-0.39, 0.29) is 11.9 Å². The summed E-state index contributed by atoms with van der Waals surface area (Å²) >= 11 is 0. The van der Waals surface area contributed by atoms with Crippen molar-refractivity contribution in [2.24, 2.45) is 5.92 Å². The average molecular weight is 251 g/mol. The summed E-state index contributed by atoms with van der Waals surface area (Å²) in [6.45, 7) is 3.35. The van der Waals surface area contributed by atoms with Crippen LogP contribution in [-0.2, 0) is 16.1 Å². The molecule has 1 rings (SSSR count). The van der Waals surface area contributed by atoms with Crippen molar-refractivity contribution in [2.45, 2.75) is 19.9 Å². The van der Waals surface area contributed by atoms with Crippen molar-refractivity contribution >= 4 is 5.97 Å². The lowest BCUT2D eigenvalue weighted by molar-refractivity contribution is -0.145. The summed E-state index contributed by atoms with van der Waals surface area (Å²) in [5.41, 5.74) is 1.16. The van der Waals surface area contributed by atoms with Crippen molar-refractivity contribution in [3.8, 4) is 5.75 Å². The Labute approximate surface area is 108 Å². The fraction of sp³-hybridized carbons (Fsp3) is 0.500. The number of nitrogens with one attached hydrogen (secondary N) is 1. The molecule has 0 spiro atoms. The summed E-state index contributed by atoms with van der Waals surface area (Å²) in [7, 11) is 3.07. The smallest absolute Gasteiger partial charge is 0.309 e. The van der Waals surface area contributed by atoms with Crippen LogP contribution in [0.2, 0.25) is 0 Å². The number of ether oxygens (including phenoxy) is 2. The van der Waals surface area contributed by atoms with E-state index < -0.39 is 0 Å². The van der Waals surface area contributed by atoms with E-state index in [2.05, 4.69) is 5.32 Å². The first-order valence-corrected chi connectivity index (χ1v) is 6.12. The summed E-state index contributed by atoms with van der Waals surface area (Å²) in [6.07, 6.45) is 0.780. The molecule has 0 bridgehead atoms. The second kappa shape index (κ2) is 7.71. The number of carbonyl (C=O) groups excluding carboxylic acids is 1. The van der Waals surface area contributed by atoms with Gasteiger partial charge in [0.25, 0.3) is 0 Å². The topological polar surface area (TPSA) is 47.6 Å². The van der Waals surface area contributed by atoms with Crippen LogP contribution in [0.25, 0.3) is 0 Å². The molecule has 0 aliphatic rings. The van der Waals surface area contributed by atoms with Gasteiger partial charge in [0.1, 0.15) is 5.75 Å². The highest BCUT2D eigenvalue weighted by atomic mass is 16.5. The van der Waals surface area contributed by atoms with Gasteiger partial charge in [0.2, 0.25) is 0 Å². The van der Waals surface area contributed by atoms with Crippen molar-refractivity contribution in [2.75, 3.05) is 20.8 Å². The summed E-state index contributed by atoms with van der Waals surface area (Å²) in [5.74, 6) is 0.618. The van der Waals surface area contributed by atoms with Gasteiger partial charge in [-0.3, -0.25) is 4.79 Å². The molecule has 18 heavy (non-hydrogen) atoms. The molecule has 0 aliphatic carbocycles. The first-order valence-electron chi connectivity index (χ1n) is 6.12. The number of benzene rings is 1. The normalized spacial score (nSPS) is 11.9. The molecule has 0 saturated carbocycles. The molecular formula is C14H21NO3. The highest BCUT2D eigenvalue weighted by Crippen LogP contribution is 2.11. The van der Waals surface area contributed by atoms with Crippen LogP contribution < -0.4 is 10.1 Å². The maximum Gasteiger partial charge on any atom is 0.309 e. The molecule has 1 N–H and O–H groups in total. The minimum atomic E-state index is -0.153. The Morgan fingerprint density at radius 3 is 2.44 bits per heavy atom. The molecule has 0 amide bonds. The summed E-state index contributed by atoms with van der Waals surface area (Å²) in [5, 5.41) is 3.26. The Bertz CT molecular complexity index is 362. The van der Waals surface area contributed by atoms with E-state index in [1.165, 1.54) is 7.11 Å². The van der Waals surface area contributed by atoms with Gasteiger partial charge in [0.05, 0.1) is 20.1 Å². The zero-order chi connectivity index (χ0) is 13.4. The van der Waals surface area contributed by atoms with Crippen molar-refractivity contribution in [3.63, 3.8) is 0 Å². The number of carbonyl (C=O) groups is 1. The predicted molar refractivity (Wildman–Crippen MR) is 70.5 cm³/mol. The Kier molecular flexibility index (Phi) is 6.22. The number of rotatable bonds is 7. The second-order valence-electron chi connectivity index (χ2n) is 4.11. The highest BCUT2D eigenvalue weighted by Gasteiger charge is 2.15. The Morgan fingerprint density at radius 2 is 1.94 bits per heavy atom. The monoisotopic (exact) mass is 251 g/mol. The number of hydrogen-bond donors (Lipinski definition) is 1. The molecule has 1 unspecified atom stereocenters. The van der Waals surface area contributed by atoms with E-state index in [1.807, 2.05) is 31.2 Å². The molecule has 0 saturated heterocycles. The third-order valence-corrected chi connectivity index (χ3v) is 2.91. The first-order chi connectivity index (χ1) is 8.71.